The van der Waals surface area contributed by atoms with Gasteiger partial charge in [-0.15, -0.1) is 0 Å². The maximum Gasteiger partial charge on any atom is 0.247 e. The van der Waals surface area contributed by atoms with Gasteiger partial charge in [0.2, 0.25) is 11.8 Å². The van der Waals surface area contributed by atoms with E-state index in [1.807, 2.05) is 0 Å². The van der Waals surface area contributed by atoms with E-state index in [1.165, 1.54) is 11.8 Å². The van der Waals surface area contributed by atoms with Crippen LogP contribution in [0, 0.1) is 5.41 Å². The molecule has 2 atom stereocenters. The summed E-state index contributed by atoms with van der Waals surface area (Å²) in [5.41, 5.74) is 4.76. The van der Waals surface area contributed by atoms with E-state index in [9.17, 15) is 14.7 Å². The fraction of sp³-hybridized carbons (Fsp3) is 0.833. The van der Waals surface area contributed by atoms with E-state index in [1.54, 1.807) is 27.8 Å². The van der Waals surface area contributed by atoms with Crippen LogP contribution in [0.15, 0.2) is 0 Å². The normalized spacial score (nSPS) is 14.8. The molecule has 2 unspecified atom stereocenters. The van der Waals surface area contributed by atoms with Gasteiger partial charge in [-0.1, -0.05) is 20.8 Å². The summed E-state index contributed by atoms with van der Waals surface area (Å²) in [5, 5.41) is 12.2. The number of hydrogen-bond acceptors (Lipinski definition) is 4. The Morgan fingerprint density at radius 3 is 2.22 bits per heavy atom. The Morgan fingerprint density at radius 2 is 1.89 bits per heavy atom. The molecule has 0 spiro atoms. The van der Waals surface area contributed by atoms with Crippen molar-refractivity contribution in [3.05, 3.63) is 0 Å². The molecule has 0 aromatic rings. The molecule has 0 rings (SSSR count). The first-order chi connectivity index (χ1) is 8.11. The number of carbonyl (C=O) groups is 2. The lowest BCUT2D eigenvalue weighted by Crippen LogP contribution is -2.55. The Morgan fingerprint density at radius 1 is 1.39 bits per heavy atom. The number of rotatable bonds is 5. The summed E-state index contributed by atoms with van der Waals surface area (Å²) in [7, 11) is 1.59. The van der Waals surface area contributed by atoms with Gasteiger partial charge in [-0.2, -0.15) is 0 Å². The molecule has 0 aliphatic heterocycles. The average Bonchev–Trinajstić information content (AvgIpc) is 2.23. The van der Waals surface area contributed by atoms with E-state index >= 15 is 0 Å². The van der Waals surface area contributed by atoms with Crippen molar-refractivity contribution in [1.82, 2.24) is 10.2 Å². The zero-order valence-corrected chi connectivity index (χ0v) is 11.9. The summed E-state index contributed by atoms with van der Waals surface area (Å²) in [6.07, 6.45) is -0.955. The van der Waals surface area contributed by atoms with Crippen molar-refractivity contribution < 1.29 is 14.7 Å². The number of hydrogen-bond donors (Lipinski definition) is 3. The van der Waals surface area contributed by atoms with Gasteiger partial charge in [0.15, 0.2) is 0 Å². The molecule has 0 saturated heterocycles. The number of amides is 2. The molecule has 0 saturated carbocycles. The van der Waals surface area contributed by atoms with Gasteiger partial charge in [-0.05, 0) is 6.92 Å². The second-order valence-corrected chi connectivity index (χ2v) is 5.49. The van der Waals surface area contributed by atoms with Crippen LogP contribution in [0.1, 0.15) is 27.7 Å². The predicted molar refractivity (Wildman–Crippen MR) is 69.8 cm³/mol. The second kappa shape index (κ2) is 6.70. The van der Waals surface area contributed by atoms with Crippen LogP contribution >= 0.6 is 0 Å². The third kappa shape index (κ3) is 5.01. The minimum Gasteiger partial charge on any atom is -0.391 e. The largest absolute Gasteiger partial charge is 0.391 e. The monoisotopic (exact) mass is 259 g/mol. The number of aliphatic hydroxyl groups is 1. The van der Waals surface area contributed by atoms with Crippen LogP contribution in [0.3, 0.4) is 0 Å². The van der Waals surface area contributed by atoms with Crippen molar-refractivity contribution in [3.63, 3.8) is 0 Å². The maximum absolute atomic E-state index is 12.0. The van der Waals surface area contributed by atoms with Gasteiger partial charge in [-0.25, -0.2) is 0 Å². The summed E-state index contributed by atoms with van der Waals surface area (Å²) in [5.74, 6) is -0.615. The van der Waals surface area contributed by atoms with Gasteiger partial charge < -0.3 is 21.1 Å². The van der Waals surface area contributed by atoms with Crippen LogP contribution in [-0.4, -0.2) is 54.1 Å². The Bertz CT molecular complexity index is 297. The Hall–Kier alpha value is -1.14. The first-order valence-corrected chi connectivity index (χ1v) is 6.05. The summed E-state index contributed by atoms with van der Waals surface area (Å²) in [6.45, 7) is 7.43. The average molecular weight is 259 g/mol. The number of aliphatic hydroxyl groups excluding tert-OH is 1. The first kappa shape index (κ1) is 16.9. The number of nitrogens with zero attached hydrogens (tertiary/aromatic N) is 1. The van der Waals surface area contributed by atoms with E-state index < -0.39 is 17.6 Å². The van der Waals surface area contributed by atoms with Crippen LogP contribution in [0.25, 0.3) is 0 Å². The van der Waals surface area contributed by atoms with E-state index in [0.717, 1.165) is 0 Å². The van der Waals surface area contributed by atoms with Gasteiger partial charge in [-0.3, -0.25) is 9.59 Å². The Labute approximate surface area is 109 Å². The van der Waals surface area contributed by atoms with Gasteiger partial charge >= 0.3 is 0 Å². The molecule has 6 nitrogen and oxygen atoms in total. The molecule has 0 bridgehead atoms. The summed E-state index contributed by atoms with van der Waals surface area (Å²) in [6, 6.07) is -0.937. The third-order valence-corrected chi connectivity index (χ3v) is 2.56. The Balaban J connectivity index is 4.78. The molecule has 0 heterocycles. The minimum absolute atomic E-state index is 0.275. The van der Waals surface area contributed by atoms with E-state index in [-0.39, 0.29) is 11.8 Å². The van der Waals surface area contributed by atoms with Crippen LogP contribution in [0.4, 0.5) is 0 Å². The lowest BCUT2D eigenvalue weighted by molar-refractivity contribution is -0.140. The molecule has 0 aliphatic rings. The fourth-order valence-corrected chi connectivity index (χ4v) is 1.29. The van der Waals surface area contributed by atoms with Gasteiger partial charge in [0.05, 0.1) is 6.10 Å². The van der Waals surface area contributed by atoms with Crippen LogP contribution < -0.4 is 11.1 Å². The number of likely N-dealkylation sites (N-methyl/N-ethyl adjacent to an activating group) is 1. The van der Waals surface area contributed by atoms with Crippen molar-refractivity contribution in [2.45, 2.75) is 39.8 Å². The van der Waals surface area contributed by atoms with Gasteiger partial charge in [0.1, 0.15) is 6.04 Å². The minimum atomic E-state index is -0.955. The van der Waals surface area contributed by atoms with E-state index in [4.69, 9.17) is 5.73 Å². The molecule has 0 aromatic carbocycles. The van der Waals surface area contributed by atoms with E-state index in [2.05, 4.69) is 5.32 Å². The molecule has 2 amide bonds. The van der Waals surface area contributed by atoms with Gasteiger partial charge in [0.25, 0.3) is 0 Å². The first-order valence-electron chi connectivity index (χ1n) is 6.05. The number of carbonyl (C=O) groups excluding carboxylic acids is 2. The zero-order chi connectivity index (χ0) is 14.5. The molecule has 6 heteroatoms. The molecule has 0 aromatic heterocycles. The number of nitrogens with one attached hydrogen (secondary N) is 1. The SMILES string of the molecule is CC(O)C(NC(=O)C(C)(C)C)C(=O)N(C)CCN. The molecule has 0 aliphatic carbocycles. The highest BCUT2D eigenvalue weighted by Crippen LogP contribution is 2.13. The summed E-state index contributed by atoms with van der Waals surface area (Å²) < 4.78 is 0. The molecular formula is C12H25N3O3. The fourth-order valence-electron chi connectivity index (χ4n) is 1.29. The molecule has 4 N–H and O–H groups in total. The maximum atomic E-state index is 12.0. The highest BCUT2D eigenvalue weighted by atomic mass is 16.3. The smallest absolute Gasteiger partial charge is 0.247 e. The number of nitrogens with two attached hydrogens (primary N) is 1. The van der Waals surface area contributed by atoms with Crippen LogP contribution in [0.2, 0.25) is 0 Å². The lowest BCUT2D eigenvalue weighted by Gasteiger charge is -2.28. The zero-order valence-electron chi connectivity index (χ0n) is 11.9. The van der Waals surface area contributed by atoms with Crippen molar-refractivity contribution in [1.29, 1.82) is 0 Å². The summed E-state index contributed by atoms with van der Waals surface area (Å²) in [4.78, 5) is 25.3. The van der Waals surface area contributed by atoms with Crippen LogP contribution in [0.5, 0.6) is 0 Å². The highest BCUT2D eigenvalue weighted by molar-refractivity contribution is 5.89. The lowest BCUT2D eigenvalue weighted by atomic mass is 9.94. The van der Waals surface area contributed by atoms with Crippen molar-refractivity contribution in [2.75, 3.05) is 20.1 Å². The highest BCUT2D eigenvalue weighted by Gasteiger charge is 2.31. The molecule has 0 fully saturated rings. The van der Waals surface area contributed by atoms with Gasteiger partial charge in [0, 0.05) is 25.6 Å². The van der Waals surface area contributed by atoms with Crippen molar-refractivity contribution in [2.24, 2.45) is 11.1 Å². The van der Waals surface area contributed by atoms with Crippen molar-refractivity contribution >= 4 is 11.8 Å². The van der Waals surface area contributed by atoms with Crippen LogP contribution in [-0.2, 0) is 9.59 Å². The summed E-state index contributed by atoms with van der Waals surface area (Å²) >= 11 is 0. The molecule has 0 radical (unpaired) electrons. The standard InChI is InChI=1S/C12H25N3O3/c1-8(16)9(10(17)15(5)7-6-13)14-11(18)12(2,3)4/h8-9,16H,6-7,13H2,1-5H3,(H,14,18). The van der Waals surface area contributed by atoms with E-state index in [0.29, 0.717) is 13.1 Å². The molecule has 106 valence electrons. The Kier molecular flexibility index (Phi) is 6.28. The second-order valence-electron chi connectivity index (χ2n) is 5.49. The van der Waals surface area contributed by atoms with Crippen molar-refractivity contribution in [3.8, 4) is 0 Å². The molecule has 18 heavy (non-hydrogen) atoms. The predicted octanol–water partition coefficient (Wildman–Crippen LogP) is -0.685. The quantitative estimate of drug-likeness (QED) is 0.609. The molecular weight excluding hydrogens is 234 g/mol. The third-order valence-electron chi connectivity index (χ3n) is 2.56. The topological polar surface area (TPSA) is 95.7 Å².